The fraction of sp³-hybridized carbons (Fsp3) is 0.400. The molecule has 0 spiro atoms. The molecule has 0 saturated heterocycles. The minimum Gasteiger partial charge on any atom is -0.301 e. The molecule has 2 nitrogen and oxygen atoms in total. The van der Waals surface area contributed by atoms with Crippen LogP contribution < -0.4 is 5.32 Å². The average Bonchev–Trinajstić information content (AvgIpc) is 2.90. The van der Waals surface area contributed by atoms with E-state index in [0.717, 1.165) is 17.5 Å². The van der Waals surface area contributed by atoms with Gasteiger partial charge in [0.1, 0.15) is 5.01 Å². The molecule has 1 aromatic carbocycles. The maximum atomic E-state index is 13.7. The molecule has 0 fully saturated rings. The lowest BCUT2D eigenvalue weighted by Gasteiger charge is -2.19. The Morgan fingerprint density at radius 3 is 2.65 bits per heavy atom. The number of hydrogen-bond acceptors (Lipinski definition) is 3. The van der Waals surface area contributed by atoms with Crippen LogP contribution in [0.5, 0.6) is 0 Å². The smallest absolute Gasteiger partial charge is 0.163 e. The second-order valence-corrected chi connectivity index (χ2v) is 5.92. The van der Waals surface area contributed by atoms with Crippen molar-refractivity contribution in [1.82, 2.24) is 10.3 Å². The van der Waals surface area contributed by atoms with Crippen molar-refractivity contribution >= 4 is 11.3 Å². The Labute approximate surface area is 121 Å². The van der Waals surface area contributed by atoms with Crippen molar-refractivity contribution in [3.63, 3.8) is 0 Å². The van der Waals surface area contributed by atoms with Gasteiger partial charge in [0.25, 0.3) is 0 Å². The summed E-state index contributed by atoms with van der Waals surface area (Å²) in [6.45, 7) is 5.88. The van der Waals surface area contributed by atoms with Crippen LogP contribution in [-0.4, -0.2) is 4.98 Å². The molecule has 0 aliphatic carbocycles. The van der Waals surface area contributed by atoms with Gasteiger partial charge in [0.15, 0.2) is 11.6 Å². The lowest BCUT2D eigenvalue weighted by atomic mass is 10.1. The number of nitrogens with zero attached hydrogens (tertiary/aromatic N) is 1. The summed E-state index contributed by atoms with van der Waals surface area (Å²) in [7, 11) is 0. The monoisotopic (exact) mass is 296 g/mol. The normalized spacial score (nSPS) is 14.2. The summed E-state index contributed by atoms with van der Waals surface area (Å²) in [5, 5.41) is 4.22. The average molecular weight is 296 g/mol. The fourth-order valence-corrected chi connectivity index (χ4v) is 2.95. The number of nitrogens with one attached hydrogen (secondary N) is 1. The van der Waals surface area contributed by atoms with Gasteiger partial charge in [-0.1, -0.05) is 19.1 Å². The van der Waals surface area contributed by atoms with Crippen LogP contribution in [-0.2, 0) is 6.42 Å². The lowest BCUT2D eigenvalue weighted by molar-refractivity contribution is 0.448. The van der Waals surface area contributed by atoms with Crippen LogP contribution in [0.3, 0.4) is 0 Å². The third-order valence-electron chi connectivity index (χ3n) is 3.24. The highest BCUT2D eigenvalue weighted by Gasteiger charge is 2.18. The van der Waals surface area contributed by atoms with Crippen LogP contribution in [0.25, 0.3) is 0 Å². The van der Waals surface area contributed by atoms with Gasteiger partial charge in [-0.3, -0.25) is 0 Å². The van der Waals surface area contributed by atoms with Gasteiger partial charge in [-0.2, -0.15) is 0 Å². The Hall–Kier alpha value is -1.33. The molecule has 1 N–H and O–H groups in total. The molecule has 2 atom stereocenters. The van der Waals surface area contributed by atoms with Crippen molar-refractivity contribution in [2.75, 3.05) is 0 Å². The van der Waals surface area contributed by atoms with Gasteiger partial charge in [0.05, 0.1) is 6.04 Å². The summed E-state index contributed by atoms with van der Waals surface area (Å²) in [6.07, 6.45) is 2.82. The van der Waals surface area contributed by atoms with Gasteiger partial charge in [-0.15, -0.1) is 11.3 Å². The number of halogens is 2. The first-order valence-electron chi connectivity index (χ1n) is 6.67. The molecule has 20 heavy (non-hydrogen) atoms. The molecule has 0 bridgehead atoms. The number of hydrogen-bond donors (Lipinski definition) is 1. The number of rotatable bonds is 5. The molecule has 2 unspecified atom stereocenters. The molecule has 1 aromatic heterocycles. The molecule has 5 heteroatoms. The van der Waals surface area contributed by atoms with Crippen LogP contribution >= 0.6 is 11.3 Å². The van der Waals surface area contributed by atoms with E-state index in [1.807, 2.05) is 20.0 Å². The number of aromatic nitrogens is 1. The van der Waals surface area contributed by atoms with Gasteiger partial charge in [0, 0.05) is 22.7 Å². The van der Waals surface area contributed by atoms with E-state index in [4.69, 9.17) is 0 Å². The summed E-state index contributed by atoms with van der Waals surface area (Å²) in [5.74, 6) is -1.60. The van der Waals surface area contributed by atoms with E-state index in [1.165, 1.54) is 10.9 Å². The van der Waals surface area contributed by atoms with Crippen LogP contribution in [0.4, 0.5) is 8.78 Å². The van der Waals surface area contributed by atoms with Gasteiger partial charge in [-0.25, -0.2) is 13.8 Å². The Morgan fingerprint density at radius 1 is 1.25 bits per heavy atom. The van der Waals surface area contributed by atoms with Crippen molar-refractivity contribution < 1.29 is 8.78 Å². The zero-order valence-corrected chi connectivity index (χ0v) is 12.6. The molecule has 1 heterocycles. The third kappa shape index (κ3) is 3.22. The Bertz CT molecular complexity index is 583. The Balaban J connectivity index is 2.10. The summed E-state index contributed by atoms with van der Waals surface area (Å²) < 4.78 is 27.0. The number of benzene rings is 1. The van der Waals surface area contributed by atoms with E-state index in [0.29, 0.717) is 5.56 Å². The first-order valence-corrected chi connectivity index (χ1v) is 7.49. The molecule has 0 amide bonds. The molecule has 0 aliphatic rings. The maximum Gasteiger partial charge on any atom is 0.163 e. The van der Waals surface area contributed by atoms with Crippen molar-refractivity contribution in [2.45, 2.75) is 39.3 Å². The van der Waals surface area contributed by atoms with E-state index >= 15 is 0 Å². The predicted molar refractivity (Wildman–Crippen MR) is 77.8 cm³/mol. The highest BCUT2D eigenvalue weighted by atomic mass is 32.1. The molecule has 2 rings (SSSR count). The lowest BCUT2D eigenvalue weighted by Crippen LogP contribution is -2.23. The molecule has 0 aliphatic heterocycles. The molecule has 2 aromatic rings. The van der Waals surface area contributed by atoms with Crippen molar-refractivity contribution in [3.8, 4) is 0 Å². The summed E-state index contributed by atoms with van der Waals surface area (Å²) in [4.78, 5) is 5.58. The van der Waals surface area contributed by atoms with Crippen LogP contribution in [0.1, 0.15) is 48.3 Å². The standard InChI is InChI=1S/C15H18F2N2S/c1-4-11-8-18-15(20-11)10(3)19-9(2)12-6-5-7-13(16)14(12)17/h5-10,19H,4H2,1-3H3. The third-order valence-corrected chi connectivity index (χ3v) is 4.56. The quantitative estimate of drug-likeness (QED) is 0.885. The van der Waals surface area contributed by atoms with Crippen LogP contribution in [0, 0.1) is 11.6 Å². The van der Waals surface area contributed by atoms with Gasteiger partial charge in [0.2, 0.25) is 0 Å². The molecule has 108 valence electrons. The minimum absolute atomic E-state index is 0.00188. The van der Waals surface area contributed by atoms with Gasteiger partial charge < -0.3 is 5.32 Å². The predicted octanol–water partition coefficient (Wildman–Crippen LogP) is 4.40. The summed E-state index contributed by atoms with van der Waals surface area (Å²) >= 11 is 1.64. The van der Waals surface area contributed by atoms with Gasteiger partial charge in [-0.05, 0) is 26.3 Å². The molecular weight excluding hydrogens is 278 g/mol. The largest absolute Gasteiger partial charge is 0.301 e. The first-order chi connectivity index (χ1) is 9.52. The van der Waals surface area contributed by atoms with E-state index in [1.54, 1.807) is 17.4 Å². The molecule has 0 radical (unpaired) electrons. The second kappa shape index (κ2) is 6.41. The van der Waals surface area contributed by atoms with Crippen LogP contribution in [0.15, 0.2) is 24.4 Å². The van der Waals surface area contributed by atoms with E-state index < -0.39 is 11.6 Å². The zero-order valence-electron chi connectivity index (χ0n) is 11.8. The van der Waals surface area contributed by atoms with Crippen LogP contribution in [0.2, 0.25) is 0 Å². The first kappa shape index (κ1) is 15.1. The van der Waals surface area contributed by atoms with Crippen molar-refractivity contribution in [2.24, 2.45) is 0 Å². The van der Waals surface area contributed by atoms with E-state index in [2.05, 4.69) is 17.2 Å². The maximum absolute atomic E-state index is 13.7. The Morgan fingerprint density at radius 2 is 2.00 bits per heavy atom. The Kier molecular flexibility index (Phi) is 4.83. The summed E-state index contributed by atoms with van der Waals surface area (Å²) in [5.41, 5.74) is 0.337. The van der Waals surface area contributed by atoms with E-state index in [-0.39, 0.29) is 12.1 Å². The van der Waals surface area contributed by atoms with Crippen molar-refractivity contribution in [1.29, 1.82) is 0 Å². The topological polar surface area (TPSA) is 24.9 Å². The highest BCUT2D eigenvalue weighted by Crippen LogP contribution is 2.25. The minimum atomic E-state index is -0.814. The molecule has 0 saturated carbocycles. The SMILES string of the molecule is CCc1cnc(C(C)NC(C)c2cccc(F)c2F)s1. The second-order valence-electron chi connectivity index (χ2n) is 4.77. The highest BCUT2D eigenvalue weighted by molar-refractivity contribution is 7.11. The molecular formula is C15H18F2N2S. The fourth-order valence-electron chi connectivity index (χ4n) is 2.08. The summed E-state index contributed by atoms with van der Waals surface area (Å²) in [6, 6.07) is 3.97. The van der Waals surface area contributed by atoms with E-state index in [9.17, 15) is 8.78 Å². The zero-order chi connectivity index (χ0) is 14.7. The van der Waals surface area contributed by atoms with Gasteiger partial charge >= 0.3 is 0 Å². The van der Waals surface area contributed by atoms with Crippen molar-refractivity contribution in [3.05, 3.63) is 51.5 Å². The number of thiazole rings is 1. The number of aryl methyl sites for hydroxylation is 1.